The fourth-order valence-corrected chi connectivity index (χ4v) is 2.11. The zero-order valence-corrected chi connectivity index (χ0v) is 11.4. The summed E-state index contributed by atoms with van der Waals surface area (Å²) in [5.41, 5.74) is 3.70. The molecular formula is C14H21N3. The molecule has 17 heavy (non-hydrogen) atoms. The second kappa shape index (κ2) is 4.47. The summed E-state index contributed by atoms with van der Waals surface area (Å²) < 4.78 is 2.14. The predicted octanol–water partition coefficient (Wildman–Crippen LogP) is 3.54. The molecule has 3 heteroatoms. The average molecular weight is 231 g/mol. The molecule has 2 rings (SSSR count). The predicted molar refractivity (Wildman–Crippen MR) is 70.5 cm³/mol. The van der Waals surface area contributed by atoms with Gasteiger partial charge < -0.3 is 0 Å². The van der Waals surface area contributed by atoms with Crippen molar-refractivity contribution in [2.75, 3.05) is 0 Å². The summed E-state index contributed by atoms with van der Waals surface area (Å²) in [7, 11) is 0. The highest BCUT2D eigenvalue weighted by molar-refractivity contribution is 5.53. The Bertz CT molecular complexity index is 523. The van der Waals surface area contributed by atoms with Crippen LogP contribution in [0, 0.1) is 0 Å². The maximum atomic E-state index is 4.67. The summed E-state index contributed by atoms with van der Waals surface area (Å²) >= 11 is 0. The monoisotopic (exact) mass is 231 g/mol. The molecule has 2 aromatic heterocycles. The smallest absolute Gasteiger partial charge is 0.143 e. The van der Waals surface area contributed by atoms with Crippen molar-refractivity contribution >= 4 is 5.65 Å². The maximum Gasteiger partial charge on any atom is 0.143 e. The van der Waals surface area contributed by atoms with E-state index in [4.69, 9.17) is 0 Å². The quantitative estimate of drug-likeness (QED) is 0.808. The van der Waals surface area contributed by atoms with E-state index < -0.39 is 0 Å². The summed E-state index contributed by atoms with van der Waals surface area (Å²) in [5.74, 6) is 1.91. The minimum Gasteiger partial charge on any atom is -0.288 e. The summed E-state index contributed by atoms with van der Waals surface area (Å²) in [5, 5.41) is 0. The van der Waals surface area contributed by atoms with Crippen LogP contribution in [0.3, 0.4) is 0 Å². The number of hydrogen-bond donors (Lipinski definition) is 0. The third kappa shape index (κ3) is 2.06. The van der Waals surface area contributed by atoms with Crippen LogP contribution in [-0.4, -0.2) is 14.4 Å². The zero-order valence-electron chi connectivity index (χ0n) is 11.4. The Kier molecular flexibility index (Phi) is 3.18. The molecule has 0 aliphatic heterocycles. The van der Waals surface area contributed by atoms with Gasteiger partial charge >= 0.3 is 0 Å². The topological polar surface area (TPSA) is 30.2 Å². The molecule has 0 radical (unpaired) electrons. The molecule has 0 unspecified atom stereocenters. The van der Waals surface area contributed by atoms with E-state index in [0.29, 0.717) is 11.8 Å². The molecule has 3 nitrogen and oxygen atoms in total. The molecule has 2 aromatic rings. The molecule has 0 bridgehead atoms. The van der Waals surface area contributed by atoms with E-state index in [1.54, 1.807) is 0 Å². The maximum absolute atomic E-state index is 4.67. The average Bonchev–Trinajstić information content (AvgIpc) is 2.67. The van der Waals surface area contributed by atoms with Gasteiger partial charge in [0.2, 0.25) is 0 Å². The van der Waals surface area contributed by atoms with Crippen LogP contribution in [0.5, 0.6) is 0 Å². The molecule has 92 valence electrons. The van der Waals surface area contributed by atoms with Crippen molar-refractivity contribution in [2.45, 2.75) is 52.9 Å². The van der Waals surface area contributed by atoms with E-state index >= 15 is 0 Å². The van der Waals surface area contributed by atoms with E-state index in [0.717, 1.165) is 17.9 Å². The van der Waals surface area contributed by atoms with Crippen molar-refractivity contribution in [3.63, 3.8) is 0 Å². The van der Waals surface area contributed by atoms with Crippen molar-refractivity contribution in [1.82, 2.24) is 14.4 Å². The fraction of sp³-hybridized carbons (Fsp3) is 0.571. The number of rotatable bonds is 3. The number of fused-ring (bicyclic) bond motifs is 1. The number of aryl methyl sites for hydroxylation is 1. The highest BCUT2D eigenvalue weighted by Gasteiger charge is 2.15. The molecule has 0 aromatic carbocycles. The Morgan fingerprint density at radius 3 is 2.41 bits per heavy atom. The number of hydrogen-bond acceptors (Lipinski definition) is 2. The summed E-state index contributed by atoms with van der Waals surface area (Å²) in [6, 6.07) is 2.28. The number of nitrogens with zero attached hydrogens (tertiary/aromatic N) is 3. The van der Waals surface area contributed by atoms with Gasteiger partial charge in [-0.05, 0) is 23.5 Å². The van der Waals surface area contributed by atoms with Crippen molar-refractivity contribution in [1.29, 1.82) is 0 Å². The third-order valence-electron chi connectivity index (χ3n) is 3.15. The van der Waals surface area contributed by atoms with Crippen LogP contribution < -0.4 is 0 Å². The molecule has 0 N–H and O–H groups in total. The molecule has 2 heterocycles. The summed E-state index contributed by atoms with van der Waals surface area (Å²) in [6.45, 7) is 10.9. The van der Waals surface area contributed by atoms with Gasteiger partial charge in [0.15, 0.2) is 0 Å². The molecule has 0 saturated heterocycles. The van der Waals surface area contributed by atoms with Gasteiger partial charge in [-0.3, -0.25) is 4.40 Å². The fourth-order valence-electron chi connectivity index (χ4n) is 2.11. The van der Waals surface area contributed by atoms with Gasteiger partial charge in [0.1, 0.15) is 17.8 Å². The van der Waals surface area contributed by atoms with Crippen molar-refractivity contribution in [2.24, 2.45) is 0 Å². The van der Waals surface area contributed by atoms with Crippen LogP contribution in [0.2, 0.25) is 0 Å². The molecule has 0 fully saturated rings. The Hall–Kier alpha value is -1.38. The van der Waals surface area contributed by atoms with E-state index in [2.05, 4.69) is 55.1 Å². The highest BCUT2D eigenvalue weighted by atomic mass is 15.1. The van der Waals surface area contributed by atoms with E-state index in [-0.39, 0.29) is 0 Å². The summed E-state index contributed by atoms with van der Waals surface area (Å²) in [4.78, 5) is 9.06. The third-order valence-corrected chi connectivity index (χ3v) is 3.15. The molecule has 0 aliphatic rings. The molecule has 0 amide bonds. The van der Waals surface area contributed by atoms with Crippen LogP contribution in [-0.2, 0) is 6.42 Å². The van der Waals surface area contributed by atoms with Gasteiger partial charge in [-0.25, -0.2) is 9.97 Å². The first-order valence-electron chi connectivity index (χ1n) is 6.41. The first-order chi connectivity index (χ1) is 8.04. The van der Waals surface area contributed by atoms with Gasteiger partial charge in [0.05, 0.1) is 0 Å². The minimum atomic E-state index is 0.492. The van der Waals surface area contributed by atoms with E-state index in [1.165, 1.54) is 11.3 Å². The Labute approximate surface area is 103 Å². The van der Waals surface area contributed by atoms with Crippen LogP contribution in [0.15, 0.2) is 12.4 Å². The van der Waals surface area contributed by atoms with Crippen LogP contribution in [0.4, 0.5) is 0 Å². The van der Waals surface area contributed by atoms with Crippen LogP contribution in [0.25, 0.3) is 5.65 Å². The van der Waals surface area contributed by atoms with Gasteiger partial charge in [-0.2, -0.15) is 0 Å². The van der Waals surface area contributed by atoms with Gasteiger partial charge in [-0.1, -0.05) is 34.6 Å². The van der Waals surface area contributed by atoms with Crippen LogP contribution >= 0.6 is 0 Å². The number of aromatic nitrogens is 3. The summed E-state index contributed by atoms with van der Waals surface area (Å²) in [6.07, 6.45) is 2.80. The second-order valence-electron chi connectivity index (χ2n) is 5.15. The lowest BCUT2D eigenvalue weighted by Gasteiger charge is -2.06. The molecule has 0 atom stereocenters. The normalized spacial score (nSPS) is 11.9. The lowest BCUT2D eigenvalue weighted by Crippen LogP contribution is -2.01. The highest BCUT2D eigenvalue weighted by Crippen LogP contribution is 2.26. The first-order valence-corrected chi connectivity index (χ1v) is 6.41. The Morgan fingerprint density at radius 2 is 1.88 bits per heavy atom. The SMILES string of the molecule is CCc1ncn2c(C(C)C)cc(C(C)C)c2n1. The van der Waals surface area contributed by atoms with Crippen molar-refractivity contribution < 1.29 is 0 Å². The molecule has 0 saturated carbocycles. The van der Waals surface area contributed by atoms with Crippen LogP contribution in [0.1, 0.15) is 63.5 Å². The van der Waals surface area contributed by atoms with Crippen molar-refractivity contribution in [3.8, 4) is 0 Å². The van der Waals surface area contributed by atoms with Gasteiger partial charge in [0, 0.05) is 12.1 Å². The van der Waals surface area contributed by atoms with Gasteiger partial charge in [-0.15, -0.1) is 0 Å². The lowest BCUT2D eigenvalue weighted by atomic mass is 10.0. The van der Waals surface area contributed by atoms with E-state index in [9.17, 15) is 0 Å². The molecule has 0 aliphatic carbocycles. The first kappa shape index (κ1) is 12.1. The lowest BCUT2D eigenvalue weighted by molar-refractivity contribution is 0.785. The zero-order chi connectivity index (χ0) is 12.6. The largest absolute Gasteiger partial charge is 0.288 e. The molecule has 0 spiro atoms. The van der Waals surface area contributed by atoms with Gasteiger partial charge in [0.25, 0.3) is 0 Å². The minimum absolute atomic E-state index is 0.492. The molecular weight excluding hydrogens is 210 g/mol. The van der Waals surface area contributed by atoms with E-state index in [1.807, 2.05) is 6.33 Å². The Balaban J connectivity index is 2.72. The second-order valence-corrected chi connectivity index (χ2v) is 5.15. The van der Waals surface area contributed by atoms with Crippen molar-refractivity contribution in [3.05, 3.63) is 29.5 Å². The standard InChI is InChI=1S/C14H21N3/c1-6-13-15-8-17-12(10(4)5)7-11(9(2)3)14(17)16-13/h7-10H,6H2,1-5H3. The Morgan fingerprint density at radius 1 is 1.18 bits per heavy atom.